The van der Waals surface area contributed by atoms with E-state index in [0.717, 1.165) is 6.42 Å². The first-order chi connectivity index (χ1) is 7.17. The Kier molecular flexibility index (Phi) is 4.57. The van der Waals surface area contributed by atoms with Crippen LogP contribution in [0.2, 0.25) is 0 Å². The highest BCUT2D eigenvalue weighted by Crippen LogP contribution is 2.14. The molecule has 0 heterocycles. The third-order valence-corrected chi connectivity index (χ3v) is 2.75. The van der Waals surface area contributed by atoms with Gasteiger partial charge < -0.3 is 5.32 Å². The van der Waals surface area contributed by atoms with Crippen molar-refractivity contribution in [1.82, 2.24) is 5.32 Å². The smallest absolute Gasteiger partial charge is 0.0297 e. The van der Waals surface area contributed by atoms with E-state index < -0.39 is 0 Å². The summed E-state index contributed by atoms with van der Waals surface area (Å²) < 4.78 is 0. The van der Waals surface area contributed by atoms with E-state index in [1.165, 1.54) is 11.1 Å². The Balaban J connectivity index is 2.65. The second kappa shape index (κ2) is 5.72. The second-order valence-corrected chi connectivity index (χ2v) is 4.01. The topological polar surface area (TPSA) is 12.0 Å². The van der Waals surface area contributed by atoms with Gasteiger partial charge in [-0.3, -0.25) is 0 Å². The van der Waals surface area contributed by atoms with Gasteiger partial charge in [-0.25, -0.2) is 0 Å². The largest absolute Gasteiger partial charge is 0.304 e. The van der Waals surface area contributed by atoms with Crippen LogP contribution in [0.25, 0.3) is 0 Å². The van der Waals surface area contributed by atoms with E-state index in [-0.39, 0.29) is 0 Å². The number of rotatable bonds is 5. The summed E-state index contributed by atoms with van der Waals surface area (Å²) in [5.74, 6) is 0. The standard InChI is InChI=1S/C14H21N/c1-5-11(3)15-12(4)14-9-7-13(6-2)8-10-14/h5,7-12,15H,1,6H2,2-4H3. The van der Waals surface area contributed by atoms with Gasteiger partial charge in [-0.2, -0.15) is 0 Å². The molecule has 0 aliphatic rings. The Bertz CT molecular complexity index is 300. The monoisotopic (exact) mass is 203 g/mol. The van der Waals surface area contributed by atoms with Gasteiger partial charge in [-0.15, -0.1) is 6.58 Å². The Hall–Kier alpha value is -1.08. The lowest BCUT2D eigenvalue weighted by Crippen LogP contribution is -2.26. The van der Waals surface area contributed by atoms with Crippen molar-refractivity contribution in [2.45, 2.75) is 39.3 Å². The molecule has 0 spiro atoms. The molecular formula is C14H21N. The van der Waals surface area contributed by atoms with Crippen LogP contribution in [-0.2, 0) is 6.42 Å². The summed E-state index contributed by atoms with van der Waals surface area (Å²) in [4.78, 5) is 0. The quantitative estimate of drug-likeness (QED) is 0.722. The summed E-state index contributed by atoms with van der Waals surface area (Å²) in [6.07, 6.45) is 3.03. The fourth-order valence-electron chi connectivity index (χ4n) is 1.60. The highest BCUT2D eigenvalue weighted by atomic mass is 14.9. The molecule has 0 aliphatic carbocycles. The third-order valence-electron chi connectivity index (χ3n) is 2.75. The van der Waals surface area contributed by atoms with E-state index in [0.29, 0.717) is 12.1 Å². The molecule has 1 nitrogen and oxygen atoms in total. The van der Waals surface area contributed by atoms with E-state index in [4.69, 9.17) is 0 Å². The number of hydrogen-bond acceptors (Lipinski definition) is 1. The van der Waals surface area contributed by atoms with Gasteiger partial charge >= 0.3 is 0 Å². The molecule has 1 rings (SSSR count). The van der Waals surface area contributed by atoms with Gasteiger partial charge in [0.2, 0.25) is 0 Å². The lowest BCUT2D eigenvalue weighted by Gasteiger charge is -2.17. The molecule has 2 unspecified atom stereocenters. The zero-order valence-corrected chi connectivity index (χ0v) is 9.96. The average molecular weight is 203 g/mol. The van der Waals surface area contributed by atoms with Gasteiger partial charge in [0.1, 0.15) is 0 Å². The van der Waals surface area contributed by atoms with Gasteiger partial charge in [-0.05, 0) is 31.4 Å². The van der Waals surface area contributed by atoms with Crippen LogP contribution in [0.3, 0.4) is 0 Å². The van der Waals surface area contributed by atoms with Gasteiger partial charge in [0.25, 0.3) is 0 Å². The molecule has 2 atom stereocenters. The Labute approximate surface area is 93.2 Å². The van der Waals surface area contributed by atoms with Crippen molar-refractivity contribution in [3.63, 3.8) is 0 Å². The van der Waals surface area contributed by atoms with Crippen LogP contribution >= 0.6 is 0 Å². The first-order valence-corrected chi connectivity index (χ1v) is 5.64. The fourth-order valence-corrected chi connectivity index (χ4v) is 1.60. The van der Waals surface area contributed by atoms with Crippen LogP contribution in [0.1, 0.15) is 37.9 Å². The fraction of sp³-hybridized carbons (Fsp3) is 0.429. The van der Waals surface area contributed by atoms with Crippen molar-refractivity contribution < 1.29 is 0 Å². The van der Waals surface area contributed by atoms with Crippen molar-refractivity contribution >= 4 is 0 Å². The predicted molar refractivity (Wildman–Crippen MR) is 67.0 cm³/mol. The number of hydrogen-bond donors (Lipinski definition) is 1. The molecular weight excluding hydrogens is 182 g/mol. The van der Waals surface area contributed by atoms with Crippen LogP contribution in [0.4, 0.5) is 0 Å². The molecule has 1 heteroatoms. The first kappa shape index (κ1) is 12.0. The minimum Gasteiger partial charge on any atom is -0.304 e. The first-order valence-electron chi connectivity index (χ1n) is 5.64. The van der Waals surface area contributed by atoms with Crippen molar-refractivity contribution in [3.8, 4) is 0 Å². The molecule has 1 aromatic rings. The summed E-state index contributed by atoms with van der Waals surface area (Å²) in [6.45, 7) is 10.2. The van der Waals surface area contributed by atoms with E-state index in [9.17, 15) is 0 Å². The second-order valence-electron chi connectivity index (χ2n) is 4.01. The maximum atomic E-state index is 3.77. The van der Waals surface area contributed by atoms with Crippen LogP contribution in [0.15, 0.2) is 36.9 Å². The van der Waals surface area contributed by atoms with Crippen LogP contribution in [-0.4, -0.2) is 6.04 Å². The SMILES string of the molecule is C=CC(C)NC(C)c1ccc(CC)cc1. The number of benzene rings is 1. The molecule has 0 bridgehead atoms. The molecule has 0 saturated heterocycles. The molecule has 0 amide bonds. The van der Waals surface area contributed by atoms with Gasteiger partial charge in [0.15, 0.2) is 0 Å². The lowest BCUT2D eigenvalue weighted by atomic mass is 10.0. The van der Waals surface area contributed by atoms with E-state index in [1.54, 1.807) is 0 Å². The zero-order chi connectivity index (χ0) is 11.3. The molecule has 15 heavy (non-hydrogen) atoms. The van der Waals surface area contributed by atoms with Crippen LogP contribution in [0.5, 0.6) is 0 Å². The Morgan fingerprint density at radius 3 is 2.33 bits per heavy atom. The molecule has 0 aliphatic heterocycles. The molecule has 0 saturated carbocycles. The minimum absolute atomic E-state index is 0.353. The van der Waals surface area contributed by atoms with Gasteiger partial charge in [0, 0.05) is 12.1 Å². The molecule has 82 valence electrons. The van der Waals surface area contributed by atoms with Crippen LogP contribution in [0, 0.1) is 0 Å². The van der Waals surface area contributed by atoms with Crippen molar-refractivity contribution in [2.75, 3.05) is 0 Å². The van der Waals surface area contributed by atoms with E-state index in [2.05, 4.69) is 56.9 Å². The molecule has 1 N–H and O–H groups in total. The predicted octanol–water partition coefficient (Wildman–Crippen LogP) is 3.47. The molecule has 0 aromatic heterocycles. The summed E-state index contributed by atoms with van der Waals surface area (Å²) >= 11 is 0. The van der Waals surface area contributed by atoms with Crippen LogP contribution < -0.4 is 5.32 Å². The third kappa shape index (κ3) is 3.52. The van der Waals surface area contributed by atoms with Gasteiger partial charge in [-0.1, -0.05) is 37.3 Å². The van der Waals surface area contributed by atoms with Gasteiger partial charge in [0.05, 0.1) is 0 Å². The number of nitrogens with one attached hydrogen (secondary N) is 1. The van der Waals surface area contributed by atoms with E-state index >= 15 is 0 Å². The lowest BCUT2D eigenvalue weighted by molar-refractivity contribution is 0.537. The summed E-state index contributed by atoms with van der Waals surface area (Å²) in [7, 11) is 0. The Morgan fingerprint density at radius 2 is 1.87 bits per heavy atom. The summed E-state index contributed by atoms with van der Waals surface area (Å²) in [6, 6.07) is 9.53. The van der Waals surface area contributed by atoms with Crippen molar-refractivity contribution in [1.29, 1.82) is 0 Å². The molecule has 0 fully saturated rings. The summed E-state index contributed by atoms with van der Waals surface area (Å²) in [5, 5.41) is 3.47. The van der Waals surface area contributed by atoms with Crippen molar-refractivity contribution in [3.05, 3.63) is 48.0 Å². The number of aryl methyl sites for hydroxylation is 1. The zero-order valence-electron chi connectivity index (χ0n) is 9.96. The molecule has 1 aromatic carbocycles. The highest BCUT2D eigenvalue weighted by molar-refractivity contribution is 5.24. The van der Waals surface area contributed by atoms with Crippen molar-refractivity contribution in [2.24, 2.45) is 0 Å². The maximum absolute atomic E-state index is 3.77. The normalized spacial score (nSPS) is 14.6. The minimum atomic E-state index is 0.353. The average Bonchev–Trinajstić information content (AvgIpc) is 2.29. The summed E-state index contributed by atoms with van der Waals surface area (Å²) in [5.41, 5.74) is 2.73. The highest BCUT2D eigenvalue weighted by Gasteiger charge is 2.06. The van der Waals surface area contributed by atoms with E-state index in [1.807, 2.05) is 6.08 Å². The maximum Gasteiger partial charge on any atom is 0.0297 e. The Morgan fingerprint density at radius 1 is 1.27 bits per heavy atom. The molecule has 0 radical (unpaired) electrons.